The molecule has 4 heteroatoms. The Morgan fingerprint density at radius 1 is 1.25 bits per heavy atom. The lowest BCUT2D eigenvalue weighted by molar-refractivity contribution is 0.631. The molecule has 1 aromatic carbocycles. The summed E-state index contributed by atoms with van der Waals surface area (Å²) in [4.78, 5) is 3.99. The molecular weight excluding hydrogens is 227 g/mol. The molecule has 0 N–H and O–H groups in total. The zero-order valence-electron chi connectivity index (χ0n) is 8.11. The van der Waals surface area contributed by atoms with E-state index < -0.39 is 5.82 Å². The number of rotatable bonds is 1. The molecule has 16 heavy (non-hydrogen) atoms. The molecule has 0 aliphatic heterocycles. The third-order valence-corrected chi connectivity index (χ3v) is 2.44. The quantitative estimate of drug-likeness (QED) is 0.756. The van der Waals surface area contributed by atoms with E-state index >= 15 is 0 Å². The molecule has 0 spiro atoms. The number of hydrogen-bond acceptors (Lipinski definition) is 2. The maximum Gasteiger partial charge on any atom is 0.134 e. The molecule has 0 saturated heterocycles. The van der Waals surface area contributed by atoms with Crippen LogP contribution in [0.3, 0.4) is 0 Å². The first-order valence-corrected chi connectivity index (χ1v) is 4.91. The van der Waals surface area contributed by atoms with Crippen molar-refractivity contribution in [1.82, 2.24) is 4.98 Å². The fourth-order valence-corrected chi connectivity index (χ4v) is 1.67. The molecule has 1 heterocycles. The lowest BCUT2D eigenvalue weighted by Gasteiger charge is -2.06. The van der Waals surface area contributed by atoms with Crippen molar-refractivity contribution in [2.24, 2.45) is 0 Å². The average Bonchev–Trinajstić information content (AvgIpc) is 2.29. The molecule has 0 bridgehead atoms. The van der Waals surface area contributed by atoms with Gasteiger partial charge in [-0.15, -0.1) is 0 Å². The Kier molecular flexibility index (Phi) is 2.84. The second-order valence-corrected chi connectivity index (χ2v) is 3.52. The van der Waals surface area contributed by atoms with Crippen molar-refractivity contribution >= 4 is 11.6 Å². The third kappa shape index (κ3) is 1.75. The van der Waals surface area contributed by atoms with Crippen molar-refractivity contribution in [2.75, 3.05) is 0 Å². The van der Waals surface area contributed by atoms with Gasteiger partial charge in [0.25, 0.3) is 0 Å². The predicted octanol–water partition coefficient (Wildman–Crippen LogP) is 3.41. The Balaban J connectivity index is 2.73. The zero-order valence-corrected chi connectivity index (χ0v) is 8.87. The first-order chi connectivity index (χ1) is 7.74. The van der Waals surface area contributed by atoms with Crippen LogP contribution in [0.5, 0.6) is 0 Å². The van der Waals surface area contributed by atoms with E-state index in [9.17, 15) is 4.39 Å². The highest BCUT2D eigenvalue weighted by Crippen LogP contribution is 2.30. The molecule has 0 saturated carbocycles. The number of nitriles is 1. The molecule has 0 aliphatic carbocycles. The molecule has 0 unspecified atom stereocenters. The van der Waals surface area contributed by atoms with E-state index in [2.05, 4.69) is 4.98 Å². The summed E-state index contributed by atoms with van der Waals surface area (Å²) in [5, 5.41) is 9.15. The summed E-state index contributed by atoms with van der Waals surface area (Å²) in [5.41, 5.74) is 0.740. The van der Waals surface area contributed by atoms with Crippen molar-refractivity contribution in [2.45, 2.75) is 0 Å². The van der Waals surface area contributed by atoms with E-state index in [4.69, 9.17) is 16.9 Å². The fraction of sp³-hybridized carbons (Fsp3) is 0. The lowest BCUT2D eigenvalue weighted by Crippen LogP contribution is -1.92. The molecule has 0 atom stereocenters. The zero-order chi connectivity index (χ0) is 11.5. The minimum absolute atomic E-state index is 0.168. The number of benzene rings is 1. The number of pyridine rings is 1. The number of halogens is 2. The van der Waals surface area contributed by atoms with Crippen LogP contribution in [-0.2, 0) is 0 Å². The Hall–Kier alpha value is -1.92. The summed E-state index contributed by atoms with van der Waals surface area (Å²) in [7, 11) is 0. The van der Waals surface area contributed by atoms with Crippen LogP contribution in [-0.4, -0.2) is 4.98 Å². The van der Waals surface area contributed by atoms with Crippen LogP contribution in [0.2, 0.25) is 5.02 Å². The number of nitrogens with zero attached hydrogens (tertiary/aromatic N) is 2. The maximum atomic E-state index is 13.6. The van der Waals surface area contributed by atoms with Gasteiger partial charge in [-0.05, 0) is 24.3 Å². The van der Waals surface area contributed by atoms with Gasteiger partial charge in [-0.25, -0.2) is 4.39 Å². The van der Waals surface area contributed by atoms with Gasteiger partial charge >= 0.3 is 0 Å². The largest absolute Gasteiger partial charge is 0.255 e. The smallest absolute Gasteiger partial charge is 0.134 e. The van der Waals surface area contributed by atoms with Crippen molar-refractivity contribution in [3.05, 3.63) is 52.9 Å². The highest BCUT2D eigenvalue weighted by molar-refractivity contribution is 6.33. The van der Waals surface area contributed by atoms with Gasteiger partial charge in [-0.2, -0.15) is 5.26 Å². The van der Waals surface area contributed by atoms with Gasteiger partial charge in [0.15, 0.2) is 0 Å². The van der Waals surface area contributed by atoms with Crippen molar-refractivity contribution in [1.29, 1.82) is 5.26 Å². The molecular formula is C12H6ClFN2. The van der Waals surface area contributed by atoms with E-state index in [0.29, 0.717) is 5.56 Å². The summed E-state index contributed by atoms with van der Waals surface area (Å²) >= 11 is 5.90. The predicted molar refractivity (Wildman–Crippen MR) is 59.4 cm³/mol. The Bertz CT molecular complexity index is 555. The summed E-state index contributed by atoms with van der Waals surface area (Å²) in [6.07, 6.45) is 1.50. The van der Waals surface area contributed by atoms with E-state index in [1.807, 2.05) is 6.07 Å². The van der Waals surface area contributed by atoms with Gasteiger partial charge in [0.1, 0.15) is 11.9 Å². The summed E-state index contributed by atoms with van der Waals surface area (Å²) in [6.45, 7) is 0. The fourth-order valence-electron chi connectivity index (χ4n) is 1.42. The van der Waals surface area contributed by atoms with Crippen molar-refractivity contribution in [3.63, 3.8) is 0 Å². The second-order valence-electron chi connectivity index (χ2n) is 3.11. The summed E-state index contributed by atoms with van der Waals surface area (Å²) in [6, 6.07) is 9.52. The van der Waals surface area contributed by atoms with Crippen LogP contribution in [0.1, 0.15) is 5.56 Å². The topological polar surface area (TPSA) is 36.7 Å². The molecule has 1 aromatic heterocycles. The Morgan fingerprint density at radius 3 is 2.75 bits per heavy atom. The lowest BCUT2D eigenvalue weighted by atomic mass is 10.1. The normalized spacial score (nSPS) is 9.81. The van der Waals surface area contributed by atoms with Gasteiger partial charge in [-0.1, -0.05) is 17.7 Å². The number of hydrogen-bond donors (Lipinski definition) is 0. The highest BCUT2D eigenvalue weighted by Gasteiger charge is 2.14. The molecule has 0 amide bonds. The molecule has 2 aromatic rings. The summed E-state index contributed by atoms with van der Waals surface area (Å²) < 4.78 is 13.6. The van der Waals surface area contributed by atoms with Crippen LogP contribution < -0.4 is 0 Å². The van der Waals surface area contributed by atoms with Gasteiger partial charge in [0.2, 0.25) is 0 Å². The van der Waals surface area contributed by atoms with Crippen LogP contribution >= 0.6 is 11.6 Å². The van der Waals surface area contributed by atoms with E-state index in [-0.39, 0.29) is 16.3 Å². The second kappa shape index (κ2) is 4.30. The molecule has 78 valence electrons. The van der Waals surface area contributed by atoms with Crippen LogP contribution in [0.15, 0.2) is 36.5 Å². The van der Waals surface area contributed by atoms with Gasteiger partial charge in [-0.3, -0.25) is 4.98 Å². The molecule has 2 rings (SSSR count). The van der Waals surface area contributed by atoms with Gasteiger partial charge in [0, 0.05) is 6.20 Å². The minimum atomic E-state index is -0.484. The molecule has 2 nitrogen and oxygen atoms in total. The van der Waals surface area contributed by atoms with Crippen molar-refractivity contribution < 1.29 is 4.39 Å². The maximum absolute atomic E-state index is 13.6. The third-order valence-electron chi connectivity index (χ3n) is 2.13. The standard InChI is InChI=1S/C12H6ClFN2/c13-9-4-1-5-10(14)11(9)12-8(7-15)3-2-6-16-12/h1-6H. The SMILES string of the molecule is N#Cc1cccnc1-c1c(F)cccc1Cl. The Labute approximate surface area is 96.9 Å². The molecule has 0 fully saturated rings. The van der Waals surface area contributed by atoms with Crippen LogP contribution in [0.25, 0.3) is 11.3 Å². The first kappa shape index (κ1) is 10.6. The Morgan fingerprint density at radius 2 is 2.06 bits per heavy atom. The highest BCUT2D eigenvalue weighted by atomic mass is 35.5. The van der Waals surface area contributed by atoms with E-state index in [1.165, 1.54) is 18.3 Å². The van der Waals surface area contributed by atoms with Crippen molar-refractivity contribution in [3.8, 4) is 17.3 Å². The van der Waals surface area contributed by atoms with Crippen LogP contribution in [0.4, 0.5) is 4.39 Å². The van der Waals surface area contributed by atoms with Gasteiger partial charge in [0.05, 0.1) is 21.8 Å². The van der Waals surface area contributed by atoms with Gasteiger partial charge < -0.3 is 0 Å². The van der Waals surface area contributed by atoms with E-state index in [1.54, 1.807) is 18.2 Å². The average molecular weight is 233 g/mol. The minimum Gasteiger partial charge on any atom is -0.255 e. The number of aromatic nitrogens is 1. The monoisotopic (exact) mass is 232 g/mol. The molecule has 0 aliphatic rings. The van der Waals surface area contributed by atoms with Crippen LogP contribution in [0, 0.1) is 17.1 Å². The first-order valence-electron chi connectivity index (χ1n) is 4.53. The molecule has 0 radical (unpaired) electrons. The summed E-state index contributed by atoms with van der Waals surface area (Å²) in [5.74, 6) is -0.484. The van der Waals surface area contributed by atoms with E-state index in [0.717, 1.165) is 0 Å².